The maximum absolute atomic E-state index is 12.5. The SMILES string of the molecule is CSc1ccc(/C=C2/C(=N)N3N=C(N4CCCCC4)SC3=NC2=O)cc1. The summed E-state index contributed by atoms with van der Waals surface area (Å²) >= 11 is 3.05. The largest absolute Gasteiger partial charge is 0.349 e. The number of nitrogens with zero attached hydrogens (tertiary/aromatic N) is 4. The fourth-order valence-corrected chi connectivity index (χ4v) is 4.41. The van der Waals surface area contributed by atoms with Gasteiger partial charge >= 0.3 is 0 Å². The number of amides is 1. The molecule has 1 N–H and O–H groups in total. The van der Waals surface area contributed by atoms with Crippen molar-refractivity contribution >= 4 is 51.7 Å². The number of likely N-dealkylation sites (tertiary alicyclic amines) is 1. The Morgan fingerprint density at radius 3 is 2.58 bits per heavy atom. The number of thioether (sulfide) groups is 2. The van der Waals surface area contributed by atoms with Crippen molar-refractivity contribution in [3.8, 4) is 0 Å². The Bertz CT molecular complexity index is 838. The molecule has 0 bridgehead atoms. The predicted molar refractivity (Wildman–Crippen MR) is 109 cm³/mol. The number of aliphatic imine (C=N–C) groups is 1. The maximum atomic E-state index is 12.5. The average molecular weight is 386 g/mol. The molecule has 3 heterocycles. The van der Waals surface area contributed by atoms with Crippen molar-refractivity contribution in [1.82, 2.24) is 9.91 Å². The number of amidine groups is 3. The Kier molecular flexibility index (Phi) is 4.86. The summed E-state index contributed by atoms with van der Waals surface area (Å²) in [6, 6.07) is 7.89. The van der Waals surface area contributed by atoms with Gasteiger partial charge in [-0.15, -0.1) is 16.9 Å². The summed E-state index contributed by atoms with van der Waals surface area (Å²) in [5, 5.41) is 15.8. The Hall–Kier alpha value is -2.06. The zero-order valence-corrected chi connectivity index (χ0v) is 16.1. The number of hydrogen-bond donors (Lipinski definition) is 1. The first kappa shape index (κ1) is 17.4. The Morgan fingerprint density at radius 2 is 1.88 bits per heavy atom. The van der Waals surface area contributed by atoms with Crippen LogP contribution in [0, 0.1) is 5.41 Å². The first-order valence-corrected chi connectivity index (χ1v) is 10.6. The van der Waals surface area contributed by atoms with Crippen molar-refractivity contribution in [2.75, 3.05) is 19.3 Å². The van der Waals surface area contributed by atoms with Crippen LogP contribution in [0.3, 0.4) is 0 Å². The third-order valence-electron chi connectivity index (χ3n) is 4.50. The highest BCUT2D eigenvalue weighted by molar-refractivity contribution is 8.26. The lowest BCUT2D eigenvalue weighted by Gasteiger charge is -2.26. The Morgan fingerprint density at radius 1 is 1.15 bits per heavy atom. The number of carbonyl (C=O) groups is 1. The van der Waals surface area contributed by atoms with Crippen molar-refractivity contribution in [3.05, 3.63) is 35.4 Å². The first-order chi connectivity index (χ1) is 12.7. The highest BCUT2D eigenvalue weighted by Gasteiger charge is 2.37. The van der Waals surface area contributed by atoms with E-state index in [0.717, 1.165) is 41.6 Å². The van der Waals surface area contributed by atoms with Gasteiger partial charge in [0.15, 0.2) is 11.0 Å². The molecule has 1 saturated heterocycles. The van der Waals surface area contributed by atoms with Crippen LogP contribution >= 0.6 is 23.5 Å². The van der Waals surface area contributed by atoms with Crippen molar-refractivity contribution in [1.29, 1.82) is 5.41 Å². The molecule has 6 nitrogen and oxygen atoms in total. The molecular formula is C18H19N5OS2. The Labute approximate surface area is 160 Å². The van der Waals surface area contributed by atoms with Gasteiger partial charge in [-0.3, -0.25) is 10.2 Å². The molecule has 3 aliphatic heterocycles. The standard InChI is InChI=1S/C18H19N5OS2/c1-25-13-7-5-12(6-8-13)11-14-15(19)23-17(20-16(14)24)26-18(21-23)22-9-3-2-4-10-22/h5-8,11,19H,2-4,9-10H2,1H3/b14-11-,19-15?. The smallest absolute Gasteiger partial charge is 0.283 e. The van der Waals surface area contributed by atoms with Gasteiger partial charge in [-0.1, -0.05) is 12.1 Å². The zero-order chi connectivity index (χ0) is 18.1. The molecule has 134 valence electrons. The number of fused-ring (bicyclic) bond motifs is 1. The molecule has 3 aliphatic rings. The number of carbonyl (C=O) groups excluding carboxylic acids is 1. The molecular weight excluding hydrogens is 366 g/mol. The molecule has 0 saturated carbocycles. The lowest BCUT2D eigenvalue weighted by Crippen LogP contribution is -2.35. The fourth-order valence-electron chi connectivity index (χ4n) is 3.06. The van der Waals surface area contributed by atoms with Crippen LogP contribution in [0.15, 0.2) is 44.8 Å². The first-order valence-electron chi connectivity index (χ1n) is 8.55. The van der Waals surface area contributed by atoms with Gasteiger partial charge in [0, 0.05) is 18.0 Å². The minimum atomic E-state index is -0.377. The number of hydrogen-bond acceptors (Lipinski definition) is 6. The number of rotatable bonds is 2. The molecule has 0 unspecified atom stereocenters. The van der Waals surface area contributed by atoms with E-state index >= 15 is 0 Å². The molecule has 0 radical (unpaired) electrons. The van der Waals surface area contributed by atoms with E-state index in [1.165, 1.54) is 23.2 Å². The van der Waals surface area contributed by atoms with Crippen LogP contribution in [0.25, 0.3) is 6.08 Å². The molecule has 4 rings (SSSR count). The quantitative estimate of drug-likeness (QED) is 0.623. The van der Waals surface area contributed by atoms with Crippen molar-refractivity contribution in [3.63, 3.8) is 0 Å². The minimum Gasteiger partial charge on any atom is -0.349 e. The summed E-state index contributed by atoms with van der Waals surface area (Å²) < 4.78 is 0. The molecule has 1 fully saturated rings. The van der Waals surface area contributed by atoms with E-state index in [9.17, 15) is 4.79 Å². The summed E-state index contributed by atoms with van der Waals surface area (Å²) in [7, 11) is 0. The van der Waals surface area contributed by atoms with Crippen LogP contribution in [0.2, 0.25) is 0 Å². The second-order valence-electron chi connectivity index (χ2n) is 6.22. The van der Waals surface area contributed by atoms with E-state index in [1.807, 2.05) is 30.5 Å². The van der Waals surface area contributed by atoms with E-state index in [-0.39, 0.29) is 17.3 Å². The normalized spacial score (nSPS) is 21.8. The van der Waals surface area contributed by atoms with E-state index < -0.39 is 0 Å². The number of benzene rings is 1. The van der Waals surface area contributed by atoms with Crippen molar-refractivity contribution in [2.24, 2.45) is 10.1 Å². The summed E-state index contributed by atoms with van der Waals surface area (Å²) in [5.74, 6) is -0.286. The van der Waals surface area contributed by atoms with Gasteiger partial charge in [0.2, 0.25) is 5.17 Å². The van der Waals surface area contributed by atoms with Gasteiger partial charge < -0.3 is 4.90 Å². The van der Waals surface area contributed by atoms with Crippen LogP contribution in [0.1, 0.15) is 24.8 Å². The maximum Gasteiger partial charge on any atom is 0.283 e. The fraction of sp³-hybridized carbons (Fsp3) is 0.333. The van der Waals surface area contributed by atoms with Crippen LogP contribution in [-0.2, 0) is 4.79 Å². The Balaban J connectivity index is 1.60. The number of hydrazone groups is 1. The van der Waals surface area contributed by atoms with Crippen LogP contribution in [-0.4, -0.2) is 51.3 Å². The van der Waals surface area contributed by atoms with E-state index in [1.54, 1.807) is 17.8 Å². The third-order valence-corrected chi connectivity index (χ3v) is 6.21. The molecule has 0 aliphatic carbocycles. The van der Waals surface area contributed by atoms with E-state index in [2.05, 4.69) is 15.0 Å². The van der Waals surface area contributed by atoms with Gasteiger partial charge in [-0.05, 0) is 61.1 Å². The van der Waals surface area contributed by atoms with Gasteiger partial charge in [-0.2, -0.15) is 10.0 Å². The van der Waals surface area contributed by atoms with E-state index in [4.69, 9.17) is 5.41 Å². The molecule has 1 aromatic rings. The molecule has 0 spiro atoms. The predicted octanol–water partition coefficient (Wildman–Crippen LogP) is 3.47. The number of nitrogens with one attached hydrogen (secondary N) is 1. The summed E-state index contributed by atoms with van der Waals surface area (Å²) in [4.78, 5) is 20.0. The third kappa shape index (κ3) is 3.31. The second kappa shape index (κ2) is 7.28. The van der Waals surface area contributed by atoms with Crippen LogP contribution in [0.5, 0.6) is 0 Å². The topological polar surface area (TPSA) is 72.1 Å². The molecule has 26 heavy (non-hydrogen) atoms. The van der Waals surface area contributed by atoms with Crippen LogP contribution < -0.4 is 0 Å². The van der Waals surface area contributed by atoms with Crippen molar-refractivity contribution in [2.45, 2.75) is 24.2 Å². The minimum absolute atomic E-state index is 0.0912. The lowest BCUT2D eigenvalue weighted by molar-refractivity contribution is -0.114. The van der Waals surface area contributed by atoms with Gasteiger partial charge in [0.25, 0.3) is 5.91 Å². The molecule has 1 amide bonds. The molecule has 0 atom stereocenters. The summed E-state index contributed by atoms with van der Waals surface area (Å²) in [6.07, 6.45) is 7.29. The highest BCUT2D eigenvalue weighted by Crippen LogP contribution is 2.30. The molecule has 0 aromatic heterocycles. The highest BCUT2D eigenvalue weighted by atomic mass is 32.2. The van der Waals surface area contributed by atoms with E-state index in [0.29, 0.717) is 5.17 Å². The summed E-state index contributed by atoms with van der Waals surface area (Å²) in [5.41, 5.74) is 1.15. The monoisotopic (exact) mass is 385 g/mol. The van der Waals surface area contributed by atoms with Gasteiger partial charge in [-0.25, -0.2) is 0 Å². The van der Waals surface area contributed by atoms with Gasteiger partial charge in [0.05, 0.1) is 5.57 Å². The molecule has 8 heteroatoms. The van der Waals surface area contributed by atoms with Crippen LogP contribution in [0.4, 0.5) is 0 Å². The zero-order valence-electron chi connectivity index (χ0n) is 14.4. The number of piperidine rings is 1. The van der Waals surface area contributed by atoms with Crippen molar-refractivity contribution < 1.29 is 4.79 Å². The molecule has 1 aromatic carbocycles. The average Bonchev–Trinajstić information content (AvgIpc) is 3.10. The lowest BCUT2D eigenvalue weighted by atomic mass is 10.1. The second-order valence-corrected chi connectivity index (χ2v) is 8.04. The van der Waals surface area contributed by atoms with Gasteiger partial charge in [0.1, 0.15) is 0 Å². The summed E-state index contributed by atoms with van der Waals surface area (Å²) in [6.45, 7) is 1.94.